The molecule has 0 aliphatic rings. The van der Waals surface area contributed by atoms with Gasteiger partial charge in [-0.2, -0.15) is 0 Å². The Kier molecular flexibility index (Phi) is 5.49. The Labute approximate surface area is 141 Å². The number of anilines is 1. The van der Waals surface area contributed by atoms with Gasteiger partial charge in [0.15, 0.2) is 0 Å². The highest BCUT2D eigenvalue weighted by molar-refractivity contribution is 9.10. The summed E-state index contributed by atoms with van der Waals surface area (Å²) < 4.78 is 1.96. The van der Waals surface area contributed by atoms with Crippen LogP contribution >= 0.6 is 43.5 Å². The van der Waals surface area contributed by atoms with E-state index in [9.17, 15) is 0 Å². The number of aryl methyl sites for hydroxylation is 1. The molecule has 0 amide bonds. The molecule has 2 rings (SSSR count). The molecule has 1 atom stereocenters. The lowest BCUT2D eigenvalue weighted by Gasteiger charge is -2.19. The van der Waals surface area contributed by atoms with Crippen LogP contribution in [0.25, 0.3) is 0 Å². The van der Waals surface area contributed by atoms with Gasteiger partial charge in [-0.05, 0) is 58.2 Å². The van der Waals surface area contributed by atoms with E-state index in [0.29, 0.717) is 11.6 Å². The van der Waals surface area contributed by atoms with Crippen molar-refractivity contribution in [3.8, 4) is 0 Å². The van der Waals surface area contributed by atoms with Gasteiger partial charge >= 0.3 is 0 Å². The summed E-state index contributed by atoms with van der Waals surface area (Å²) >= 11 is 13.0. The summed E-state index contributed by atoms with van der Waals surface area (Å²) in [4.78, 5) is 0. The number of halogens is 3. The Morgan fingerprint density at radius 1 is 1.15 bits per heavy atom. The van der Waals surface area contributed by atoms with E-state index in [1.165, 1.54) is 5.56 Å². The third kappa shape index (κ3) is 3.76. The number of benzene rings is 2. The molecule has 0 fully saturated rings. The summed E-state index contributed by atoms with van der Waals surface area (Å²) in [6.45, 7) is 2.57. The predicted molar refractivity (Wildman–Crippen MR) is 93.4 cm³/mol. The minimum Gasteiger partial charge on any atom is -0.377 e. The largest absolute Gasteiger partial charge is 0.377 e. The van der Waals surface area contributed by atoms with E-state index in [1.54, 1.807) is 0 Å². The van der Waals surface area contributed by atoms with Gasteiger partial charge in [-0.1, -0.05) is 39.7 Å². The van der Waals surface area contributed by atoms with Crippen LogP contribution in [0.4, 0.5) is 5.69 Å². The summed E-state index contributed by atoms with van der Waals surface area (Å²) in [5, 5.41) is 4.12. The molecular weight excluding hydrogens is 403 g/mol. The van der Waals surface area contributed by atoms with E-state index < -0.39 is 0 Å². The van der Waals surface area contributed by atoms with E-state index in [0.717, 1.165) is 20.2 Å². The Bertz CT molecular complexity index is 617. The van der Waals surface area contributed by atoms with Crippen LogP contribution in [0.2, 0.25) is 5.02 Å². The molecule has 0 aliphatic carbocycles. The number of rotatable bonds is 4. The smallest absolute Gasteiger partial charge is 0.0636 e. The van der Waals surface area contributed by atoms with E-state index in [2.05, 4.69) is 62.3 Å². The van der Waals surface area contributed by atoms with Gasteiger partial charge in [0.05, 0.1) is 11.1 Å². The van der Waals surface area contributed by atoms with Crippen molar-refractivity contribution < 1.29 is 0 Å². The van der Waals surface area contributed by atoms with Crippen LogP contribution in [0.15, 0.2) is 45.3 Å². The van der Waals surface area contributed by atoms with Crippen molar-refractivity contribution in [2.24, 2.45) is 5.73 Å². The molecule has 3 N–H and O–H groups in total. The van der Waals surface area contributed by atoms with Crippen molar-refractivity contribution in [2.75, 3.05) is 11.9 Å². The van der Waals surface area contributed by atoms with Gasteiger partial charge in [0, 0.05) is 21.2 Å². The fraction of sp³-hybridized carbons (Fsp3) is 0.200. The molecule has 0 saturated heterocycles. The van der Waals surface area contributed by atoms with Gasteiger partial charge in [-0.15, -0.1) is 0 Å². The minimum atomic E-state index is 0.0555. The normalized spacial score (nSPS) is 12.2. The molecule has 106 valence electrons. The SMILES string of the molecule is Cc1ccc(C(CN)Nc2ccc(Cl)c(Br)c2)cc1Br. The first-order valence-corrected chi connectivity index (χ1v) is 8.15. The molecule has 2 aromatic rings. The maximum atomic E-state index is 6.00. The van der Waals surface area contributed by atoms with Crippen LogP contribution in [0.5, 0.6) is 0 Å². The van der Waals surface area contributed by atoms with Crippen LogP contribution in [0, 0.1) is 6.92 Å². The van der Waals surface area contributed by atoms with Gasteiger partial charge < -0.3 is 11.1 Å². The zero-order valence-electron chi connectivity index (χ0n) is 11.0. The molecule has 0 spiro atoms. The highest BCUT2D eigenvalue weighted by atomic mass is 79.9. The Morgan fingerprint density at radius 2 is 1.90 bits per heavy atom. The van der Waals surface area contributed by atoms with E-state index in [4.69, 9.17) is 17.3 Å². The van der Waals surface area contributed by atoms with Crippen molar-refractivity contribution in [1.82, 2.24) is 0 Å². The average Bonchev–Trinajstić information content (AvgIpc) is 2.43. The lowest BCUT2D eigenvalue weighted by Crippen LogP contribution is -2.20. The third-order valence-electron chi connectivity index (χ3n) is 3.09. The summed E-state index contributed by atoms with van der Waals surface area (Å²) in [5.74, 6) is 0. The van der Waals surface area contributed by atoms with Gasteiger partial charge in [0.1, 0.15) is 0 Å². The summed E-state index contributed by atoms with van der Waals surface area (Å²) in [6, 6.07) is 12.1. The molecule has 0 aromatic heterocycles. The molecule has 2 aromatic carbocycles. The highest BCUT2D eigenvalue weighted by Gasteiger charge is 2.11. The molecule has 0 heterocycles. The third-order valence-corrected chi connectivity index (χ3v) is 5.16. The van der Waals surface area contributed by atoms with Crippen LogP contribution < -0.4 is 11.1 Å². The van der Waals surface area contributed by atoms with Crippen molar-refractivity contribution in [3.05, 3.63) is 61.5 Å². The second-order valence-electron chi connectivity index (χ2n) is 4.57. The zero-order valence-corrected chi connectivity index (χ0v) is 14.9. The summed E-state index contributed by atoms with van der Waals surface area (Å²) in [7, 11) is 0. The molecule has 5 heteroatoms. The van der Waals surface area contributed by atoms with E-state index >= 15 is 0 Å². The number of hydrogen-bond acceptors (Lipinski definition) is 2. The minimum absolute atomic E-state index is 0.0555. The Balaban J connectivity index is 2.23. The van der Waals surface area contributed by atoms with E-state index in [-0.39, 0.29) is 6.04 Å². The number of nitrogens with one attached hydrogen (secondary N) is 1. The monoisotopic (exact) mass is 416 g/mol. The van der Waals surface area contributed by atoms with Gasteiger partial charge in [-0.3, -0.25) is 0 Å². The first-order valence-electron chi connectivity index (χ1n) is 6.19. The summed E-state index contributed by atoms with van der Waals surface area (Å²) in [6.07, 6.45) is 0. The molecule has 0 bridgehead atoms. The van der Waals surface area contributed by atoms with Crippen LogP contribution in [0.3, 0.4) is 0 Å². The Morgan fingerprint density at radius 3 is 2.50 bits per heavy atom. The molecular formula is C15H15Br2ClN2. The average molecular weight is 419 g/mol. The van der Waals surface area contributed by atoms with Crippen molar-refractivity contribution >= 4 is 49.1 Å². The van der Waals surface area contributed by atoms with Crippen LogP contribution in [0.1, 0.15) is 17.2 Å². The molecule has 0 saturated carbocycles. The molecule has 0 aliphatic heterocycles. The molecule has 1 unspecified atom stereocenters. The van der Waals surface area contributed by atoms with Crippen molar-refractivity contribution in [2.45, 2.75) is 13.0 Å². The first-order chi connectivity index (χ1) is 9.51. The summed E-state index contributed by atoms with van der Waals surface area (Å²) in [5.41, 5.74) is 9.23. The zero-order chi connectivity index (χ0) is 14.7. The fourth-order valence-corrected chi connectivity index (χ4v) is 2.78. The van der Waals surface area contributed by atoms with Crippen LogP contribution in [-0.4, -0.2) is 6.54 Å². The maximum Gasteiger partial charge on any atom is 0.0636 e. The number of hydrogen-bond donors (Lipinski definition) is 2. The highest BCUT2D eigenvalue weighted by Crippen LogP contribution is 2.28. The topological polar surface area (TPSA) is 38.0 Å². The number of nitrogens with two attached hydrogens (primary N) is 1. The van der Waals surface area contributed by atoms with Crippen molar-refractivity contribution in [3.63, 3.8) is 0 Å². The molecule has 2 nitrogen and oxygen atoms in total. The van der Waals surface area contributed by atoms with Gasteiger partial charge in [0.25, 0.3) is 0 Å². The predicted octanol–water partition coefficient (Wildman–Crippen LogP) is 5.29. The second kappa shape index (κ2) is 6.94. The Hall–Kier alpha value is -0.550. The first kappa shape index (κ1) is 15.8. The van der Waals surface area contributed by atoms with Gasteiger partial charge in [-0.25, -0.2) is 0 Å². The quantitative estimate of drug-likeness (QED) is 0.708. The molecule has 0 radical (unpaired) electrons. The maximum absolute atomic E-state index is 6.00. The lowest BCUT2D eigenvalue weighted by atomic mass is 10.0. The van der Waals surface area contributed by atoms with Crippen LogP contribution in [-0.2, 0) is 0 Å². The fourth-order valence-electron chi connectivity index (χ4n) is 1.89. The van der Waals surface area contributed by atoms with Crippen molar-refractivity contribution in [1.29, 1.82) is 0 Å². The lowest BCUT2D eigenvalue weighted by molar-refractivity contribution is 0.789. The second-order valence-corrected chi connectivity index (χ2v) is 6.69. The standard InChI is InChI=1S/C15H15Br2ClN2/c1-9-2-3-10(6-12(9)16)15(8-19)20-11-4-5-14(18)13(17)7-11/h2-7,15,20H,8,19H2,1H3. The van der Waals surface area contributed by atoms with E-state index in [1.807, 2.05) is 18.2 Å². The molecule has 20 heavy (non-hydrogen) atoms. The van der Waals surface area contributed by atoms with Gasteiger partial charge in [0.2, 0.25) is 0 Å².